The molecule has 0 saturated carbocycles. The van der Waals surface area contributed by atoms with Crippen molar-refractivity contribution in [2.75, 3.05) is 6.54 Å². The molecule has 1 aromatic rings. The van der Waals surface area contributed by atoms with Crippen LogP contribution in [0.1, 0.15) is 48.2 Å². The maximum atomic E-state index is 13.5. The van der Waals surface area contributed by atoms with Gasteiger partial charge in [0.15, 0.2) is 11.5 Å². The van der Waals surface area contributed by atoms with Crippen LogP contribution in [0.3, 0.4) is 0 Å². The minimum absolute atomic E-state index is 0.122. The summed E-state index contributed by atoms with van der Waals surface area (Å²) in [5.41, 5.74) is 1.98. The highest BCUT2D eigenvalue weighted by molar-refractivity contribution is 5.92. The van der Waals surface area contributed by atoms with Crippen molar-refractivity contribution in [1.82, 2.24) is 10.3 Å². The van der Waals surface area contributed by atoms with Crippen molar-refractivity contribution in [2.24, 2.45) is 0 Å². The molecule has 1 amide bonds. The van der Waals surface area contributed by atoms with E-state index in [0.29, 0.717) is 12.1 Å². The molecule has 2 rings (SSSR count). The standard InChI is InChI=1S/C15H19FN2O/c1-11-9-13(16)14(18-10-11)15(19)17-8-7-12-5-3-2-4-6-12/h5,9-10H,2-4,6-8H2,1H3,(H,17,19). The van der Waals surface area contributed by atoms with Gasteiger partial charge < -0.3 is 5.32 Å². The number of hydrogen-bond donors (Lipinski definition) is 1. The van der Waals surface area contributed by atoms with Gasteiger partial charge in [-0.3, -0.25) is 4.79 Å². The van der Waals surface area contributed by atoms with Crippen molar-refractivity contribution < 1.29 is 9.18 Å². The summed E-state index contributed by atoms with van der Waals surface area (Å²) in [4.78, 5) is 15.6. The van der Waals surface area contributed by atoms with Crippen LogP contribution >= 0.6 is 0 Å². The average molecular weight is 262 g/mol. The summed E-state index contributed by atoms with van der Waals surface area (Å²) < 4.78 is 13.5. The first-order chi connectivity index (χ1) is 9.16. The first kappa shape index (κ1) is 13.7. The van der Waals surface area contributed by atoms with Gasteiger partial charge in [0.25, 0.3) is 5.91 Å². The van der Waals surface area contributed by atoms with Crippen LogP contribution in [0, 0.1) is 12.7 Å². The third-order valence-corrected chi connectivity index (χ3v) is 3.31. The number of halogens is 1. The fraction of sp³-hybridized carbons (Fsp3) is 0.467. The Kier molecular flexibility index (Phi) is 4.66. The van der Waals surface area contributed by atoms with Crippen molar-refractivity contribution in [3.05, 3.63) is 41.0 Å². The zero-order chi connectivity index (χ0) is 13.7. The van der Waals surface area contributed by atoms with Crippen LogP contribution in [-0.2, 0) is 0 Å². The highest BCUT2D eigenvalue weighted by atomic mass is 19.1. The molecule has 1 aromatic heterocycles. The molecule has 3 nitrogen and oxygen atoms in total. The maximum Gasteiger partial charge on any atom is 0.272 e. The Labute approximate surface area is 112 Å². The Morgan fingerprint density at radius 2 is 2.32 bits per heavy atom. The number of pyridine rings is 1. The van der Waals surface area contributed by atoms with Crippen LogP contribution in [0.15, 0.2) is 23.9 Å². The lowest BCUT2D eigenvalue weighted by molar-refractivity contribution is 0.0944. The van der Waals surface area contributed by atoms with Crippen LogP contribution in [-0.4, -0.2) is 17.4 Å². The molecule has 1 N–H and O–H groups in total. The third kappa shape index (κ3) is 3.88. The molecule has 0 aliphatic heterocycles. The summed E-state index contributed by atoms with van der Waals surface area (Å²) in [5.74, 6) is -0.997. The van der Waals surface area contributed by atoms with Crippen molar-refractivity contribution in [3.63, 3.8) is 0 Å². The fourth-order valence-corrected chi connectivity index (χ4v) is 2.25. The largest absolute Gasteiger partial charge is 0.350 e. The minimum atomic E-state index is -0.561. The number of amides is 1. The van der Waals surface area contributed by atoms with Gasteiger partial charge in [0, 0.05) is 12.7 Å². The van der Waals surface area contributed by atoms with Crippen molar-refractivity contribution in [2.45, 2.75) is 39.0 Å². The molecule has 1 aliphatic rings. The van der Waals surface area contributed by atoms with Crippen LogP contribution in [0.5, 0.6) is 0 Å². The molecule has 0 unspecified atom stereocenters. The monoisotopic (exact) mass is 262 g/mol. The lowest BCUT2D eigenvalue weighted by Crippen LogP contribution is -2.26. The third-order valence-electron chi connectivity index (χ3n) is 3.31. The van der Waals surface area contributed by atoms with E-state index in [1.807, 2.05) is 0 Å². The summed E-state index contributed by atoms with van der Waals surface area (Å²) in [7, 11) is 0. The Balaban J connectivity index is 1.85. The zero-order valence-electron chi connectivity index (χ0n) is 11.2. The molecule has 0 radical (unpaired) electrons. The normalized spacial score (nSPS) is 14.9. The highest BCUT2D eigenvalue weighted by Crippen LogP contribution is 2.19. The molecule has 0 bridgehead atoms. The Bertz CT molecular complexity index is 497. The summed E-state index contributed by atoms with van der Waals surface area (Å²) in [6.07, 6.45) is 9.34. The highest BCUT2D eigenvalue weighted by Gasteiger charge is 2.13. The Morgan fingerprint density at radius 3 is 3.00 bits per heavy atom. The molecule has 102 valence electrons. The van der Waals surface area contributed by atoms with E-state index in [-0.39, 0.29) is 5.69 Å². The predicted molar refractivity (Wildman–Crippen MR) is 72.4 cm³/mol. The Morgan fingerprint density at radius 1 is 1.47 bits per heavy atom. The molecule has 0 spiro atoms. The van der Waals surface area contributed by atoms with Crippen LogP contribution in [0.25, 0.3) is 0 Å². The maximum absolute atomic E-state index is 13.5. The molecular weight excluding hydrogens is 243 g/mol. The molecule has 0 fully saturated rings. The number of hydrogen-bond acceptors (Lipinski definition) is 2. The van der Waals surface area contributed by atoms with Gasteiger partial charge in [0.1, 0.15) is 0 Å². The quantitative estimate of drug-likeness (QED) is 0.847. The smallest absolute Gasteiger partial charge is 0.272 e. The summed E-state index contributed by atoms with van der Waals surface area (Å²) in [6.45, 7) is 2.28. The number of carbonyl (C=O) groups excluding carboxylic acids is 1. The van der Waals surface area contributed by atoms with Gasteiger partial charge in [-0.1, -0.05) is 11.6 Å². The summed E-state index contributed by atoms with van der Waals surface area (Å²) in [6, 6.07) is 1.32. The molecule has 0 atom stereocenters. The van der Waals surface area contributed by atoms with Gasteiger partial charge >= 0.3 is 0 Å². The van der Waals surface area contributed by atoms with E-state index < -0.39 is 11.7 Å². The molecular formula is C15H19FN2O. The van der Waals surface area contributed by atoms with Gasteiger partial charge in [0.05, 0.1) is 0 Å². The van der Waals surface area contributed by atoms with E-state index in [4.69, 9.17) is 0 Å². The first-order valence-corrected chi connectivity index (χ1v) is 6.75. The number of aryl methyl sites for hydroxylation is 1. The topological polar surface area (TPSA) is 42.0 Å². The van der Waals surface area contributed by atoms with Crippen molar-refractivity contribution in [1.29, 1.82) is 0 Å². The molecule has 4 heteroatoms. The lowest BCUT2D eigenvalue weighted by atomic mass is 9.97. The number of nitrogens with one attached hydrogen (secondary N) is 1. The van der Waals surface area contributed by atoms with Crippen molar-refractivity contribution in [3.8, 4) is 0 Å². The van der Waals surface area contributed by atoms with Crippen LogP contribution in [0.4, 0.5) is 4.39 Å². The van der Waals surface area contributed by atoms with Gasteiger partial charge in [0.2, 0.25) is 0 Å². The summed E-state index contributed by atoms with van der Waals surface area (Å²) in [5, 5.41) is 2.72. The molecule has 1 aliphatic carbocycles. The van der Waals surface area contributed by atoms with Crippen LogP contribution < -0.4 is 5.32 Å². The number of allylic oxidation sites excluding steroid dienone is 1. The van der Waals surface area contributed by atoms with E-state index in [2.05, 4.69) is 16.4 Å². The van der Waals surface area contributed by atoms with E-state index in [1.54, 1.807) is 6.92 Å². The SMILES string of the molecule is Cc1cnc(C(=O)NCCC2=CCCCC2)c(F)c1. The second kappa shape index (κ2) is 6.45. The first-order valence-electron chi connectivity index (χ1n) is 6.75. The molecule has 0 aromatic carbocycles. The average Bonchev–Trinajstić information content (AvgIpc) is 2.39. The second-order valence-electron chi connectivity index (χ2n) is 4.96. The van der Waals surface area contributed by atoms with E-state index in [9.17, 15) is 9.18 Å². The van der Waals surface area contributed by atoms with E-state index in [1.165, 1.54) is 30.7 Å². The zero-order valence-corrected chi connectivity index (χ0v) is 11.2. The van der Waals surface area contributed by atoms with E-state index >= 15 is 0 Å². The van der Waals surface area contributed by atoms with Crippen molar-refractivity contribution >= 4 is 5.91 Å². The van der Waals surface area contributed by atoms with E-state index in [0.717, 1.165) is 19.3 Å². The molecule has 1 heterocycles. The van der Waals surface area contributed by atoms with Gasteiger partial charge in [-0.15, -0.1) is 0 Å². The Hall–Kier alpha value is -1.71. The number of carbonyl (C=O) groups is 1. The van der Waals surface area contributed by atoms with Gasteiger partial charge in [-0.2, -0.15) is 0 Å². The number of rotatable bonds is 4. The fourth-order valence-electron chi connectivity index (χ4n) is 2.25. The number of aromatic nitrogens is 1. The predicted octanol–water partition coefficient (Wildman–Crippen LogP) is 3.15. The van der Waals surface area contributed by atoms with Crippen LogP contribution in [0.2, 0.25) is 0 Å². The van der Waals surface area contributed by atoms with Gasteiger partial charge in [-0.25, -0.2) is 9.37 Å². The number of nitrogens with zero attached hydrogens (tertiary/aromatic N) is 1. The second-order valence-corrected chi connectivity index (χ2v) is 4.96. The van der Waals surface area contributed by atoms with Gasteiger partial charge in [-0.05, 0) is 50.7 Å². The minimum Gasteiger partial charge on any atom is -0.350 e. The lowest BCUT2D eigenvalue weighted by Gasteiger charge is -2.12. The summed E-state index contributed by atoms with van der Waals surface area (Å²) >= 11 is 0. The molecule has 19 heavy (non-hydrogen) atoms. The molecule has 0 saturated heterocycles.